The van der Waals surface area contributed by atoms with Crippen LogP contribution in [0.15, 0.2) is 0 Å². The summed E-state index contributed by atoms with van der Waals surface area (Å²) in [6.07, 6.45) is 2.25. The van der Waals surface area contributed by atoms with Crippen molar-refractivity contribution in [2.24, 2.45) is 0 Å². The van der Waals surface area contributed by atoms with Gasteiger partial charge in [-0.1, -0.05) is 13.8 Å². The van der Waals surface area contributed by atoms with Gasteiger partial charge < -0.3 is 4.90 Å². The van der Waals surface area contributed by atoms with Gasteiger partial charge in [-0.3, -0.25) is 14.4 Å². The molecule has 0 unspecified atom stereocenters. The summed E-state index contributed by atoms with van der Waals surface area (Å²) in [5.74, 6) is 0.120. The quantitative estimate of drug-likeness (QED) is 0.788. The minimum absolute atomic E-state index is 0.120. The summed E-state index contributed by atoms with van der Waals surface area (Å²) in [6.45, 7) is 10.6. The first-order valence-electron chi connectivity index (χ1n) is 7.71. The number of rotatable bonds is 1. The van der Waals surface area contributed by atoms with E-state index >= 15 is 0 Å². The Morgan fingerprint density at radius 1 is 1.10 bits per heavy atom. The molecule has 0 atom stereocenters. The lowest BCUT2D eigenvalue weighted by atomic mass is 10.1. The van der Waals surface area contributed by atoms with Crippen LogP contribution in [0, 0.1) is 6.92 Å². The maximum atomic E-state index is 12.4. The molecule has 5 nitrogen and oxygen atoms in total. The molecule has 2 aliphatic rings. The molecule has 1 aromatic heterocycles. The standard InChI is InChI=1S/C13H20N4O.C2H6/c1-10-11-9-15(2)7-8-17(11)14-12(10)13(18)16-5-3-4-6-16;1-2/h3-9H2,1-2H3;1-2H3. The van der Waals surface area contributed by atoms with Crippen LogP contribution in [-0.2, 0) is 13.1 Å². The summed E-state index contributed by atoms with van der Waals surface area (Å²) in [6, 6.07) is 0. The Morgan fingerprint density at radius 2 is 1.75 bits per heavy atom. The Morgan fingerprint density at radius 3 is 2.40 bits per heavy atom. The molecule has 0 N–H and O–H groups in total. The van der Waals surface area contributed by atoms with Crippen LogP contribution in [0.2, 0.25) is 0 Å². The van der Waals surface area contributed by atoms with E-state index in [9.17, 15) is 4.79 Å². The van der Waals surface area contributed by atoms with Crippen LogP contribution in [0.4, 0.5) is 0 Å². The predicted molar refractivity (Wildman–Crippen MR) is 79.8 cm³/mol. The first kappa shape index (κ1) is 15.0. The van der Waals surface area contributed by atoms with Crippen LogP contribution in [0.5, 0.6) is 0 Å². The number of nitrogens with zero attached hydrogens (tertiary/aromatic N) is 4. The molecule has 0 bridgehead atoms. The van der Waals surface area contributed by atoms with Crippen molar-refractivity contribution in [1.29, 1.82) is 0 Å². The van der Waals surface area contributed by atoms with Crippen LogP contribution in [0.1, 0.15) is 48.4 Å². The highest BCUT2D eigenvalue weighted by Crippen LogP contribution is 2.21. The summed E-state index contributed by atoms with van der Waals surface area (Å²) in [7, 11) is 2.11. The van der Waals surface area contributed by atoms with Gasteiger partial charge in [-0.15, -0.1) is 0 Å². The van der Waals surface area contributed by atoms with Crippen molar-refractivity contribution in [2.75, 3.05) is 26.7 Å². The van der Waals surface area contributed by atoms with Gasteiger partial charge in [0.25, 0.3) is 5.91 Å². The normalized spacial score (nSPS) is 18.5. The number of hydrogen-bond acceptors (Lipinski definition) is 3. The molecular weight excluding hydrogens is 252 g/mol. The molecule has 0 saturated carbocycles. The van der Waals surface area contributed by atoms with E-state index < -0.39 is 0 Å². The van der Waals surface area contributed by atoms with E-state index in [0.717, 1.165) is 51.1 Å². The topological polar surface area (TPSA) is 41.4 Å². The Balaban J connectivity index is 0.000000704. The average molecular weight is 278 g/mol. The molecule has 1 aromatic rings. The zero-order chi connectivity index (χ0) is 14.7. The number of likely N-dealkylation sites (tertiary alicyclic amines) is 1. The van der Waals surface area contributed by atoms with E-state index in [1.54, 1.807) is 0 Å². The third-order valence-electron chi connectivity index (χ3n) is 4.03. The second kappa shape index (κ2) is 6.39. The van der Waals surface area contributed by atoms with Gasteiger partial charge in [0.15, 0.2) is 5.69 Å². The zero-order valence-electron chi connectivity index (χ0n) is 13.1. The molecule has 1 saturated heterocycles. The Labute approximate surface area is 121 Å². The highest BCUT2D eigenvalue weighted by molar-refractivity contribution is 5.94. The van der Waals surface area contributed by atoms with Gasteiger partial charge >= 0.3 is 0 Å². The highest BCUT2D eigenvalue weighted by Gasteiger charge is 2.27. The minimum atomic E-state index is 0.120. The molecule has 2 aliphatic heterocycles. The summed E-state index contributed by atoms with van der Waals surface area (Å²) >= 11 is 0. The largest absolute Gasteiger partial charge is 0.337 e. The second-order valence-electron chi connectivity index (χ2n) is 5.38. The lowest BCUT2D eigenvalue weighted by Gasteiger charge is -2.23. The fraction of sp³-hybridized carbons (Fsp3) is 0.733. The maximum Gasteiger partial charge on any atom is 0.274 e. The fourth-order valence-corrected chi connectivity index (χ4v) is 2.84. The number of carbonyl (C=O) groups excluding carboxylic acids is 1. The van der Waals surface area contributed by atoms with Gasteiger partial charge in [0.2, 0.25) is 0 Å². The van der Waals surface area contributed by atoms with E-state index in [-0.39, 0.29) is 5.91 Å². The van der Waals surface area contributed by atoms with Gasteiger partial charge in [0.05, 0.1) is 12.2 Å². The molecular formula is C15H26N4O. The molecule has 5 heteroatoms. The number of carbonyl (C=O) groups is 1. The van der Waals surface area contributed by atoms with Crippen molar-refractivity contribution in [3.63, 3.8) is 0 Å². The van der Waals surface area contributed by atoms with Gasteiger partial charge in [0, 0.05) is 31.7 Å². The summed E-state index contributed by atoms with van der Waals surface area (Å²) in [5.41, 5.74) is 2.94. The smallest absolute Gasteiger partial charge is 0.274 e. The molecule has 20 heavy (non-hydrogen) atoms. The fourth-order valence-electron chi connectivity index (χ4n) is 2.84. The van der Waals surface area contributed by atoms with E-state index in [1.165, 1.54) is 5.69 Å². The number of amides is 1. The van der Waals surface area contributed by atoms with Crippen LogP contribution in [0.25, 0.3) is 0 Å². The molecule has 3 heterocycles. The lowest BCUT2D eigenvalue weighted by Crippen LogP contribution is -2.31. The summed E-state index contributed by atoms with van der Waals surface area (Å²) < 4.78 is 2.01. The van der Waals surface area contributed by atoms with Gasteiger partial charge in [-0.2, -0.15) is 5.10 Å². The zero-order valence-corrected chi connectivity index (χ0v) is 13.1. The van der Waals surface area contributed by atoms with E-state index in [0.29, 0.717) is 5.69 Å². The second-order valence-corrected chi connectivity index (χ2v) is 5.38. The molecule has 0 radical (unpaired) electrons. The van der Waals surface area contributed by atoms with Gasteiger partial charge in [0.1, 0.15) is 0 Å². The first-order valence-corrected chi connectivity index (χ1v) is 7.71. The monoisotopic (exact) mass is 278 g/mol. The van der Waals surface area contributed by atoms with Crippen LogP contribution in [0.3, 0.4) is 0 Å². The SMILES string of the molecule is CC.Cc1c(C(=O)N2CCCC2)nn2c1CN(C)CC2. The number of hydrogen-bond donors (Lipinski definition) is 0. The maximum absolute atomic E-state index is 12.4. The first-order chi connectivity index (χ1) is 9.66. The van der Waals surface area contributed by atoms with E-state index in [2.05, 4.69) is 17.0 Å². The molecule has 1 amide bonds. The van der Waals surface area contributed by atoms with Crippen LogP contribution in [-0.4, -0.2) is 52.2 Å². The van der Waals surface area contributed by atoms with Gasteiger partial charge in [-0.05, 0) is 26.8 Å². The predicted octanol–water partition coefficient (Wildman–Crippen LogP) is 1.90. The van der Waals surface area contributed by atoms with Crippen LogP contribution < -0.4 is 0 Å². The Hall–Kier alpha value is -1.36. The van der Waals surface area contributed by atoms with Crippen molar-refractivity contribution in [3.8, 4) is 0 Å². The summed E-state index contributed by atoms with van der Waals surface area (Å²) in [5, 5.41) is 4.53. The number of likely N-dealkylation sites (N-methyl/N-ethyl adjacent to an activating group) is 1. The molecule has 0 spiro atoms. The van der Waals surface area contributed by atoms with Crippen molar-refractivity contribution in [2.45, 2.75) is 46.7 Å². The Kier molecular flexibility index (Phi) is 4.81. The molecule has 0 aromatic carbocycles. The number of aromatic nitrogens is 2. The van der Waals surface area contributed by atoms with Crippen molar-refractivity contribution >= 4 is 5.91 Å². The minimum Gasteiger partial charge on any atom is -0.337 e. The highest BCUT2D eigenvalue weighted by atomic mass is 16.2. The third-order valence-corrected chi connectivity index (χ3v) is 4.03. The van der Waals surface area contributed by atoms with Crippen molar-refractivity contribution in [1.82, 2.24) is 19.6 Å². The van der Waals surface area contributed by atoms with Crippen molar-refractivity contribution < 1.29 is 4.79 Å². The molecule has 0 aliphatic carbocycles. The molecule has 112 valence electrons. The molecule has 1 fully saturated rings. The van der Waals surface area contributed by atoms with Crippen LogP contribution >= 0.6 is 0 Å². The van der Waals surface area contributed by atoms with Gasteiger partial charge in [-0.25, -0.2) is 0 Å². The number of fused-ring (bicyclic) bond motifs is 1. The average Bonchev–Trinajstić information content (AvgIpc) is 3.10. The lowest BCUT2D eigenvalue weighted by molar-refractivity contribution is 0.0785. The third kappa shape index (κ3) is 2.73. The Bertz CT molecular complexity index is 474. The molecule has 3 rings (SSSR count). The summed E-state index contributed by atoms with van der Waals surface area (Å²) in [4.78, 5) is 16.6. The van der Waals surface area contributed by atoms with E-state index in [1.807, 2.05) is 30.4 Å². The van der Waals surface area contributed by atoms with Crippen molar-refractivity contribution in [3.05, 3.63) is 17.0 Å². The van der Waals surface area contributed by atoms with E-state index in [4.69, 9.17) is 0 Å².